The number of anilines is 1. The average molecular weight is 469 g/mol. The van der Waals surface area contributed by atoms with Gasteiger partial charge in [-0.25, -0.2) is 18.3 Å². The summed E-state index contributed by atoms with van der Waals surface area (Å²) in [5, 5.41) is 0.452. The number of hydrogen-bond acceptors (Lipinski definition) is 5. The molecule has 4 aromatic rings. The lowest BCUT2D eigenvalue weighted by molar-refractivity contribution is 0.0539. The van der Waals surface area contributed by atoms with Crippen LogP contribution in [0.15, 0.2) is 71.1 Å². The van der Waals surface area contributed by atoms with Crippen molar-refractivity contribution >= 4 is 32.6 Å². The van der Waals surface area contributed by atoms with E-state index in [4.69, 9.17) is 9.25 Å². The monoisotopic (exact) mass is 468 g/mol. The third kappa shape index (κ3) is 4.33. The fourth-order valence-corrected chi connectivity index (χ4v) is 4.10. The lowest BCUT2D eigenvalue weighted by Crippen LogP contribution is -2.25. The highest BCUT2D eigenvalue weighted by molar-refractivity contribution is 7.92. The van der Waals surface area contributed by atoms with Crippen LogP contribution in [0.3, 0.4) is 0 Å². The number of fused-ring (bicyclic) bond motifs is 1. The number of amides is 1. The molecule has 0 fully saturated rings. The first kappa shape index (κ1) is 22.5. The van der Waals surface area contributed by atoms with Crippen molar-refractivity contribution < 1.29 is 26.9 Å². The van der Waals surface area contributed by atoms with Crippen LogP contribution < -0.4 is 9.79 Å². The van der Waals surface area contributed by atoms with Crippen molar-refractivity contribution in [3.8, 4) is 22.5 Å². The number of nitrogens with one attached hydrogen (secondary N) is 1. The second-order valence-corrected chi connectivity index (χ2v) is 9.42. The van der Waals surface area contributed by atoms with Gasteiger partial charge in [-0.3, -0.25) is 13.9 Å². The second kappa shape index (κ2) is 8.68. The molecule has 0 unspecified atom stereocenters. The predicted molar refractivity (Wildman–Crippen MR) is 125 cm³/mol. The topological polar surface area (TPSA) is 88.8 Å². The molecule has 0 saturated carbocycles. The van der Waals surface area contributed by atoms with Crippen LogP contribution in [0.25, 0.3) is 33.4 Å². The number of carbonyl (C=O) groups excluding carboxylic acids is 1. The molecule has 1 amide bonds. The van der Waals surface area contributed by atoms with E-state index in [1.54, 1.807) is 12.1 Å². The van der Waals surface area contributed by atoms with Crippen LogP contribution in [0.4, 0.5) is 10.1 Å². The van der Waals surface area contributed by atoms with Crippen molar-refractivity contribution in [2.45, 2.75) is 0 Å². The van der Waals surface area contributed by atoms with E-state index in [0.717, 1.165) is 16.1 Å². The van der Waals surface area contributed by atoms with Gasteiger partial charge in [-0.1, -0.05) is 30.3 Å². The first-order chi connectivity index (χ1) is 15.7. The summed E-state index contributed by atoms with van der Waals surface area (Å²) in [4.78, 5) is 17.7. The minimum absolute atomic E-state index is 0.184. The van der Waals surface area contributed by atoms with E-state index in [2.05, 4.69) is 5.48 Å². The van der Waals surface area contributed by atoms with Gasteiger partial charge in [-0.2, -0.15) is 0 Å². The highest BCUT2D eigenvalue weighted by atomic mass is 32.2. The van der Waals surface area contributed by atoms with Gasteiger partial charge < -0.3 is 4.42 Å². The molecule has 1 N–H and O–H groups in total. The smallest absolute Gasteiger partial charge is 0.279 e. The summed E-state index contributed by atoms with van der Waals surface area (Å²) in [6.07, 6.45) is 1.11. The molecule has 0 radical (unpaired) electrons. The first-order valence-corrected chi connectivity index (χ1v) is 11.7. The normalized spacial score (nSPS) is 11.5. The lowest BCUT2D eigenvalue weighted by atomic mass is 9.98. The number of carbonyl (C=O) groups is 1. The van der Waals surface area contributed by atoms with Crippen molar-refractivity contribution in [2.75, 3.05) is 24.7 Å². The summed E-state index contributed by atoms with van der Waals surface area (Å²) in [5.41, 5.74) is 4.99. The van der Waals surface area contributed by atoms with Gasteiger partial charge in [-0.05, 0) is 35.9 Å². The van der Waals surface area contributed by atoms with E-state index < -0.39 is 21.7 Å². The third-order valence-electron chi connectivity index (χ3n) is 5.26. The Balaban J connectivity index is 2.07. The summed E-state index contributed by atoms with van der Waals surface area (Å²) in [5.74, 6) is -0.780. The maximum absolute atomic E-state index is 13.5. The molecule has 0 aliphatic rings. The number of sulfonamides is 1. The maximum Gasteiger partial charge on any atom is 0.279 e. The summed E-state index contributed by atoms with van der Waals surface area (Å²) < 4.78 is 45.4. The van der Waals surface area contributed by atoms with Crippen molar-refractivity contribution in [3.63, 3.8) is 0 Å². The van der Waals surface area contributed by atoms with Gasteiger partial charge in [0.2, 0.25) is 10.0 Å². The van der Waals surface area contributed by atoms with Crippen LogP contribution in [0, 0.1) is 5.82 Å². The van der Waals surface area contributed by atoms with E-state index in [0.29, 0.717) is 27.8 Å². The highest BCUT2D eigenvalue weighted by Gasteiger charge is 2.26. The molecule has 9 heteroatoms. The van der Waals surface area contributed by atoms with Crippen LogP contribution in [-0.4, -0.2) is 34.7 Å². The Kier molecular flexibility index (Phi) is 5.92. The molecular formula is C24H21FN2O5S. The average Bonchev–Trinajstić information content (AvgIpc) is 3.17. The SMILES string of the molecule is CONC(=O)c1c(-c2ccc(F)cc2)oc2cc(N(C)S(C)(=O)=O)c(-c3ccccc3)cc12. The Hall–Kier alpha value is -3.69. The minimum atomic E-state index is -3.59. The predicted octanol–water partition coefficient (Wildman–Crippen LogP) is 4.59. The Morgan fingerprint density at radius 1 is 1.03 bits per heavy atom. The van der Waals surface area contributed by atoms with Crippen molar-refractivity contribution in [1.29, 1.82) is 0 Å². The van der Waals surface area contributed by atoms with Crippen LogP contribution in [-0.2, 0) is 14.9 Å². The molecule has 7 nitrogen and oxygen atoms in total. The third-order valence-corrected chi connectivity index (χ3v) is 6.45. The Bertz CT molecular complexity index is 1430. The van der Waals surface area contributed by atoms with Crippen molar-refractivity contribution in [1.82, 2.24) is 5.48 Å². The fraction of sp³-hybridized carbons (Fsp3) is 0.125. The fourth-order valence-electron chi connectivity index (χ4n) is 3.59. The van der Waals surface area contributed by atoms with Crippen LogP contribution in [0.1, 0.15) is 10.4 Å². The Morgan fingerprint density at radius 3 is 2.30 bits per heavy atom. The highest BCUT2D eigenvalue weighted by Crippen LogP contribution is 2.41. The lowest BCUT2D eigenvalue weighted by Gasteiger charge is -2.20. The molecule has 0 aliphatic heterocycles. The van der Waals surface area contributed by atoms with Crippen LogP contribution >= 0.6 is 0 Å². The maximum atomic E-state index is 13.5. The number of nitrogens with zero attached hydrogens (tertiary/aromatic N) is 1. The minimum Gasteiger partial charge on any atom is -0.455 e. The summed E-state index contributed by atoms with van der Waals surface area (Å²) >= 11 is 0. The molecule has 3 aromatic carbocycles. The molecule has 0 bridgehead atoms. The van der Waals surface area contributed by atoms with Crippen LogP contribution in [0.2, 0.25) is 0 Å². The number of hydrogen-bond donors (Lipinski definition) is 1. The van der Waals surface area contributed by atoms with E-state index in [1.165, 1.54) is 38.4 Å². The van der Waals surface area contributed by atoms with E-state index in [9.17, 15) is 17.6 Å². The first-order valence-electron chi connectivity index (χ1n) is 9.90. The zero-order valence-corrected chi connectivity index (χ0v) is 18.9. The van der Waals surface area contributed by atoms with E-state index in [1.807, 2.05) is 30.3 Å². The van der Waals surface area contributed by atoms with Gasteiger partial charge in [0.25, 0.3) is 5.91 Å². The van der Waals surface area contributed by atoms with Crippen molar-refractivity contribution in [3.05, 3.63) is 78.1 Å². The summed E-state index contributed by atoms with van der Waals surface area (Å²) in [6, 6.07) is 18.0. The van der Waals surface area contributed by atoms with Crippen LogP contribution in [0.5, 0.6) is 0 Å². The van der Waals surface area contributed by atoms with Gasteiger partial charge >= 0.3 is 0 Å². The largest absolute Gasteiger partial charge is 0.455 e. The molecule has 0 atom stereocenters. The van der Waals surface area contributed by atoms with Gasteiger partial charge in [0.05, 0.1) is 24.6 Å². The van der Waals surface area contributed by atoms with Gasteiger partial charge in [0.15, 0.2) is 0 Å². The van der Waals surface area contributed by atoms with E-state index >= 15 is 0 Å². The van der Waals surface area contributed by atoms with Gasteiger partial charge in [-0.15, -0.1) is 0 Å². The number of rotatable bonds is 6. The summed E-state index contributed by atoms with van der Waals surface area (Å²) in [7, 11) is -0.828. The number of halogens is 1. The Labute approximate surface area is 190 Å². The number of furan rings is 1. The zero-order valence-electron chi connectivity index (χ0n) is 18.1. The zero-order chi connectivity index (χ0) is 23.8. The summed E-state index contributed by atoms with van der Waals surface area (Å²) in [6.45, 7) is 0. The Morgan fingerprint density at radius 2 is 1.70 bits per heavy atom. The standard InChI is InChI=1S/C24H21FN2O5S/c1-27(33(3,29)30)20-14-21-19(13-18(20)15-7-5-4-6-8-15)22(24(28)26-31-2)23(32-21)16-9-11-17(25)12-10-16/h4-14H,1-3H3,(H,26,28). The van der Waals surface area contributed by atoms with Crippen molar-refractivity contribution in [2.24, 2.45) is 0 Å². The number of hydroxylamine groups is 1. The quantitative estimate of drug-likeness (QED) is 0.418. The molecule has 4 rings (SSSR count). The van der Waals surface area contributed by atoms with E-state index in [-0.39, 0.29) is 11.3 Å². The molecular weight excluding hydrogens is 447 g/mol. The molecule has 33 heavy (non-hydrogen) atoms. The number of benzene rings is 3. The van der Waals surface area contributed by atoms with Gasteiger partial charge in [0.1, 0.15) is 17.2 Å². The molecule has 0 spiro atoms. The molecule has 0 saturated heterocycles. The molecule has 1 heterocycles. The molecule has 0 aliphatic carbocycles. The van der Waals surface area contributed by atoms with Gasteiger partial charge in [0, 0.05) is 29.6 Å². The molecule has 1 aromatic heterocycles. The molecule has 170 valence electrons. The second-order valence-electron chi connectivity index (χ2n) is 7.41.